The highest BCUT2D eigenvalue weighted by Crippen LogP contribution is 2.36. The molecule has 0 fully saturated rings. The molecule has 106 valence electrons. The summed E-state index contributed by atoms with van der Waals surface area (Å²) in [5.41, 5.74) is 7.83. The Hall–Kier alpha value is -1.10. The minimum atomic E-state index is -0.332. The summed E-state index contributed by atoms with van der Waals surface area (Å²) in [5.74, 6) is 0.382. The number of methoxy groups -OCH3 is 1. The fraction of sp³-hybridized carbons (Fsp3) is 0.200. The number of halogens is 3. The number of nitrogens with two attached hydrogens (primary N) is 1. The Morgan fingerprint density at radius 2 is 2.10 bits per heavy atom. The van der Waals surface area contributed by atoms with E-state index in [9.17, 15) is 4.39 Å². The highest BCUT2D eigenvalue weighted by atomic mass is 79.9. The first-order valence-corrected chi connectivity index (χ1v) is 7.21. The van der Waals surface area contributed by atoms with Gasteiger partial charge in [0.15, 0.2) is 0 Å². The fourth-order valence-corrected chi connectivity index (χ4v) is 3.09. The van der Waals surface area contributed by atoms with Crippen LogP contribution in [0.25, 0.3) is 0 Å². The van der Waals surface area contributed by atoms with Crippen molar-refractivity contribution >= 4 is 27.5 Å². The summed E-state index contributed by atoms with van der Waals surface area (Å²) in [7, 11) is 1.58. The summed E-state index contributed by atoms with van der Waals surface area (Å²) in [4.78, 5) is 0. The molecule has 1 atom stereocenters. The minimum Gasteiger partial charge on any atom is -0.495 e. The lowest BCUT2D eigenvalue weighted by molar-refractivity contribution is 0.403. The molecule has 0 aliphatic heterocycles. The molecule has 20 heavy (non-hydrogen) atoms. The van der Waals surface area contributed by atoms with E-state index in [0.717, 1.165) is 15.6 Å². The zero-order valence-electron chi connectivity index (χ0n) is 10.9. The normalized spacial score (nSPS) is 12.2. The van der Waals surface area contributed by atoms with Crippen molar-refractivity contribution < 1.29 is 9.13 Å². The molecule has 0 saturated heterocycles. The molecule has 2 aromatic rings. The van der Waals surface area contributed by atoms with Gasteiger partial charge in [-0.25, -0.2) is 4.39 Å². The minimum absolute atomic E-state index is 0.270. The maximum atomic E-state index is 13.2. The molecule has 5 heteroatoms. The van der Waals surface area contributed by atoms with Crippen LogP contribution in [0.3, 0.4) is 0 Å². The Kier molecular flexibility index (Phi) is 5.02. The maximum Gasteiger partial charge on any atom is 0.137 e. The van der Waals surface area contributed by atoms with Gasteiger partial charge in [0.1, 0.15) is 11.6 Å². The molecule has 2 N–H and O–H groups in total. The van der Waals surface area contributed by atoms with Crippen molar-refractivity contribution in [2.24, 2.45) is 5.73 Å². The Labute approximate surface area is 130 Å². The standard InChI is InChI=1S/C15H14BrClFNO/c1-20-15-12(7-10(17)8-13(15)16)14(19)6-9-3-2-4-11(18)5-9/h2-5,7-8,14H,6,19H2,1H3. The highest BCUT2D eigenvalue weighted by Gasteiger charge is 2.16. The van der Waals surface area contributed by atoms with Crippen molar-refractivity contribution in [2.45, 2.75) is 12.5 Å². The van der Waals surface area contributed by atoms with Crippen LogP contribution >= 0.6 is 27.5 Å². The van der Waals surface area contributed by atoms with Gasteiger partial charge in [-0.1, -0.05) is 23.7 Å². The van der Waals surface area contributed by atoms with Crippen molar-refractivity contribution in [3.63, 3.8) is 0 Å². The molecular weight excluding hydrogens is 345 g/mol. The number of ether oxygens (including phenoxy) is 1. The predicted molar refractivity (Wildman–Crippen MR) is 82.7 cm³/mol. The second-order valence-corrected chi connectivity index (χ2v) is 5.74. The van der Waals surface area contributed by atoms with Gasteiger partial charge in [-0.2, -0.15) is 0 Å². The first kappa shape index (κ1) is 15.3. The third-order valence-corrected chi connectivity index (χ3v) is 3.79. The Morgan fingerprint density at radius 1 is 1.35 bits per heavy atom. The van der Waals surface area contributed by atoms with Gasteiger partial charge in [-0.3, -0.25) is 0 Å². The largest absolute Gasteiger partial charge is 0.495 e. The molecule has 0 spiro atoms. The van der Waals surface area contributed by atoms with Gasteiger partial charge in [0.2, 0.25) is 0 Å². The Morgan fingerprint density at radius 3 is 2.75 bits per heavy atom. The van der Waals surface area contributed by atoms with Crippen molar-refractivity contribution in [2.75, 3.05) is 7.11 Å². The number of hydrogen-bond acceptors (Lipinski definition) is 2. The average molecular weight is 359 g/mol. The van der Waals surface area contributed by atoms with E-state index < -0.39 is 0 Å². The second-order valence-electron chi connectivity index (χ2n) is 4.45. The van der Waals surface area contributed by atoms with Gasteiger partial charge in [0.05, 0.1) is 11.6 Å². The molecule has 2 aromatic carbocycles. The van der Waals surface area contributed by atoms with Crippen molar-refractivity contribution in [3.05, 3.63) is 62.8 Å². The van der Waals surface area contributed by atoms with Crippen LogP contribution in [0.15, 0.2) is 40.9 Å². The van der Waals surface area contributed by atoms with Gasteiger partial charge >= 0.3 is 0 Å². The lowest BCUT2D eigenvalue weighted by atomic mass is 9.99. The summed E-state index contributed by atoms with van der Waals surface area (Å²) in [6, 6.07) is 9.59. The van der Waals surface area contributed by atoms with E-state index in [1.807, 2.05) is 6.07 Å². The molecule has 1 unspecified atom stereocenters. The van der Waals surface area contributed by atoms with Crippen molar-refractivity contribution in [1.82, 2.24) is 0 Å². The molecule has 0 amide bonds. The van der Waals surface area contributed by atoms with Gasteiger partial charge in [-0.15, -0.1) is 0 Å². The topological polar surface area (TPSA) is 35.2 Å². The van der Waals surface area contributed by atoms with E-state index in [1.54, 1.807) is 25.3 Å². The van der Waals surface area contributed by atoms with Gasteiger partial charge in [0.25, 0.3) is 0 Å². The van der Waals surface area contributed by atoms with E-state index in [1.165, 1.54) is 12.1 Å². The van der Waals surface area contributed by atoms with Crippen LogP contribution in [0.5, 0.6) is 5.75 Å². The van der Waals surface area contributed by atoms with E-state index in [4.69, 9.17) is 22.1 Å². The summed E-state index contributed by atoms with van der Waals surface area (Å²) in [6.45, 7) is 0. The molecule has 2 rings (SSSR count). The van der Waals surface area contributed by atoms with Crippen LogP contribution in [0, 0.1) is 5.82 Å². The van der Waals surface area contributed by atoms with Crippen LogP contribution < -0.4 is 10.5 Å². The quantitative estimate of drug-likeness (QED) is 0.874. The SMILES string of the molecule is COc1c(Br)cc(Cl)cc1C(N)Cc1cccc(F)c1. The molecule has 0 saturated carbocycles. The van der Waals surface area contributed by atoms with Crippen LogP contribution in [-0.4, -0.2) is 7.11 Å². The molecule has 0 aliphatic rings. The molecule has 0 radical (unpaired) electrons. The summed E-state index contributed by atoms with van der Waals surface area (Å²) >= 11 is 9.45. The van der Waals surface area contributed by atoms with Crippen molar-refractivity contribution in [1.29, 1.82) is 0 Å². The highest BCUT2D eigenvalue weighted by molar-refractivity contribution is 9.10. The lowest BCUT2D eigenvalue weighted by Crippen LogP contribution is -2.15. The van der Waals surface area contributed by atoms with E-state index in [2.05, 4.69) is 15.9 Å². The zero-order chi connectivity index (χ0) is 14.7. The third kappa shape index (κ3) is 3.51. The summed E-state index contributed by atoms with van der Waals surface area (Å²) in [6.07, 6.45) is 0.501. The lowest BCUT2D eigenvalue weighted by Gasteiger charge is -2.17. The summed E-state index contributed by atoms with van der Waals surface area (Å²) < 4.78 is 19.3. The monoisotopic (exact) mass is 357 g/mol. The zero-order valence-corrected chi connectivity index (χ0v) is 13.2. The van der Waals surface area contributed by atoms with Crippen LogP contribution in [-0.2, 0) is 6.42 Å². The van der Waals surface area contributed by atoms with Crippen LogP contribution in [0.1, 0.15) is 17.2 Å². The third-order valence-electron chi connectivity index (χ3n) is 2.99. The number of benzene rings is 2. The first-order chi connectivity index (χ1) is 9.51. The molecule has 0 aromatic heterocycles. The average Bonchev–Trinajstić information content (AvgIpc) is 2.37. The molecule has 0 bridgehead atoms. The van der Waals surface area contributed by atoms with E-state index >= 15 is 0 Å². The number of hydrogen-bond donors (Lipinski definition) is 1. The molecule has 2 nitrogen and oxygen atoms in total. The van der Waals surface area contributed by atoms with Gasteiger partial charge in [0, 0.05) is 16.6 Å². The van der Waals surface area contributed by atoms with Crippen molar-refractivity contribution in [3.8, 4) is 5.75 Å². The maximum absolute atomic E-state index is 13.2. The predicted octanol–water partition coefficient (Wildman–Crippen LogP) is 4.49. The van der Waals surface area contributed by atoms with Gasteiger partial charge in [-0.05, 0) is 52.2 Å². The van der Waals surface area contributed by atoms with Gasteiger partial charge < -0.3 is 10.5 Å². The smallest absolute Gasteiger partial charge is 0.137 e. The van der Waals surface area contributed by atoms with Crippen LogP contribution in [0.2, 0.25) is 5.02 Å². The fourth-order valence-electron chi connectivity index (χ4n) is 2.10. The van der Waals surface area contributed by atoms with Crippen LogP contribution in [0.4, 0.5) is 4.39 Å². The first-order valence-electron chi connectivity index (χ1n) is 6.04. The molecule has 0 heterocycles. The Balaban J connectivity index is 2.31. The second kappa shape index (κ2) is 6.57. The Bertz CT molecular complexity index is 621. The molecular formula is C15H14BrClFNO. The number of rotatable bonds is 4. The van der Waals surface area contributed by atoms with E-state index in [0.29, 0.717) is 17.2 Å². The summed E-state index contributed by atoms with van der Waals surface area (Å²) in [5, 5.41) is 0.572. The van der Waals surface area contributed by atoms with E-state index in [-0.39, 0.29) is 11.9 Å². The molecule has 0 aliphatic carbocycles.